The monoisotopic (exact) mass is 336 g/mol. The Morgan fingerprint density at radius 3 is 2.38 bits per heavy atom. The summed E-state index contributed by atoms with van der Waals surface area (Å²) in [5, 5.41) is 1.79. The van der Waals surface area contributed by atoms with Gasteiger partial charge in [0.25, 0.3) is 0 Å². The summed E-state index contributed by atoms with van der Waals surface area (Å²) in [6.07, 6.45) is 2.59. The Bertz CT molecular complexity index is 763. The third-order valence-electron chi connectivity index (χ3n) is 3.13. The number of hydrogen-bond acceptors (Lipinski definition) is 1. The molecule has 0 radical (unpaired) electrons. The first-order chi connectivity index (χ1) is 10.1. The Kier molecular flexibility index (Phi) is 4.20. The highest BCUT2D eigenvalue weighted by atomic mass is 35.5. The van der Waals surface area contributed by atoms with Crippen molar-refractivity contribution in [3.05, 3.63) is 75.1 Å². The van der Waals surface area contributed by atoms with Crippen LogP contribution in [-0.4, -0.2) is 9.97 Å². The second kappa shape index (κ2) is 6.10. The lowest BCUT2D eigenvalue weighted by Crippen LogP contribution is -1.90. The number of halogens is 3. The van der Waals surface area contributed by atoms with Gasteiger partial charge in [0, 0.05) is 23.2 Å². The van der Waals surface area contributed by atoms with Gasteiger partial charge in [0.15, 0.2) is 0 Å². The van der Waals surface area contributed by atoms with E-state index in [0.29, 0.717) is 10.0 Å². The number of hydrogen-bond donors (Lipinski definition) is 1. The molecular formula is C16H11Cl3N2. The molecule has 0 bridgehead atoms. The van der Waals surface area contributed by atoms with Crippen LogP contribution in [0.4, 0.5) is 0 Å². The van der Waals surface area contributed by atoms with Gasteiger partial charge in [-0.2, -0.15) is 0 Å². The fourth-order valence-corrected chi connectivity index (χ4v) is 2.48. The molecule has 2 nitrogen and oxygen atoms in total. The van der Waals surface area contributed by atoms with Crippen LogP contribution in [0.2, 0.25) is 15.1 Å². The van der Waals surface area contributed by atoms with Gasteiger partial charge in [0.2, 0.25) is 0 Å². The van der Waals surface area contributed by atoms with E-state index in [0.717, 1.165) is 34.1 Å². The number of imidazole rings is 1. The van der Waals surface area contributed by atoms with Gasteiger partial charge in [-0.3, -0.25) is 0 Å². The summed E-state index contributed by atoms with van der Waals surface area (Å²) in [6, 6.07) is 13.2. The van der Waals surface area contributed by atoms with E-state index in [9.17, 15) is 0 Å². The van der Waals surface area contributed by atoms with Crippen molar-refractivity contribution >= 4 is 34.8 Å². The van der Waals surface area contributed by atoms with Gasteiger partial charge in [-0.1, -0.05) is 53.0 Å². The number of aromatic nitrogens is 2. The van der Waals surface area contributed by atoms with Crippen LogP contribution in [0.3, 0.4) is 0 Å². The molecular weight excluding hydrogens is 327 g/mol. The van der Waals surface area contributed by atoms with Gasteiger partial charge < -0.3 is 4.98 Å². The van der Waals surface area contributed by atoms with Crippen LogP contribution in [0, 0.1) is 0 Å². The zero-order valence-corrected chi connectivity index (χ0v) is 13.2. The lowest BCUT2D eigenvalue weighted by atomic mass is 10.1. The van der Waals surface area contributed by atoms with E-state index in [1.807, 2.05) is 42.6 Å². The summed E-state index contributed by atoms with van der Waals surface area (Å²) in [6.45, 7) is 0. The minimum atomic E-state index is 0.524. The molecule has 0 fully saturated rings. The maximum Gasteiger partial charge on any atom is 0.111 e. The number of rotatable bonds is 3. The van der Waals surface area contributed by atoms with E-state index in [1.54, 1.807) is 6.07 Å². The number of aromatic amines is 1. The van der Waals surface area contributed by atoms with Crippen molar-refractivity contribution in [1.29, 1.82) is 0 Å². The second-order valence-corrected chi connectivity index (χ2v) is 5.92. The quantitative estimate of drug-likeness (QED) is 0.659. The van der Waals surface area contributed by atoms with Crippen molar-refractivity contribution in [3.63, 3.8) is 0 Å². The standard InChI is InChI=1S/C16H11Cl3N2/c17-12-4-1-10(2-5-12)7-16-20-9-15(21-16)11-3-6-13(18)14(19)8-11/h1-6,8-9H,7H2,(H,20,21). The Balaban J connectivity index is 1.82. The summed E-state index contributed by atoms with van der Waals surface area (Å²) in [5.74, 6) is 0.887. The highest BCUT2D eigenvalue weighted by Crippen LogP contribution is 2.27. The first kappa shape index (κ1) is 14.5. The molecule has 2 aromatic carbocycles. The van der Waals surface area contributed by atoms with Crippen LogP contribution in [0.15, 0.2) is 48.7 Å². The molecule has 0 amide bonds. The molecule has 0 aliphatic rings. The zero-order valence-electron chi connectivity index (χ0n) is 10.9. The minimum Gasteiger partial charge on any atom is -0.348 e. The second-order valence-electron chi connectivity index (χ2n) is 4.66. The lowest BCUT2D eigenvalue weighted by Gasteiger charge is -2.00. The van der Waals surface area contributed by atoms with Crippen LogP contribution in [0.5, 0.6) is 0 Å². The van der Waals surface area contributed by atoms with E-state index >= 15 is 0 Å². The summed E-state index contributed by atoms with van der Waals surface area (Å²) in [5.41, 5.74) is 2.93. The van der Waals surface area contributed by atoms with Crippen molar-refractivity contribution in [3.8, 4) is 11.3 Å². The molecule has 0 aliphatic heterocycles. The molecule has 5 heteroatoms. The normalized spacial score (nSPS) is 10.8. The lowest BCUT2D eigenvalue weighted by molar-refractivity contribution is 1.03. The van der Waals surface area contributed by atoms with E-state index in [4.69, 9.17) is 34.8 Å². The molecule has 0 atom stereocenters. The Labute approximate surface area is 137 Å². The molecule has 1 heterocycles. The van der Waals surface area contributed by atoms with Crippen LogP contribution in [0.1, 0.15) is 11.4 Å². The molecule has 106 valence electrons. The number of nitrogens with one attached hydrogen (secondary N) is 1. The predicted octanol–water partition coefficient (Wildman–Crippen LogP) is 5.63. The van der Waals surface area contributed by atoms with Crippen molar-refractivity contribution < 1.29 is 0 Å². The number of nitrogens with zero attached hydrogens (tertiary/aromatic N) is 1. The summed E-state index contributed by atoms with van der Waals surface area (Å²) in [7, 11) is 0. The molecule has 0 unspecified atom stereocenters. The van der Waals surface area contributed by atoms with Gasteiger partial charge >= 0.3 is 0 Å². The number of H-pyrrole nitrogens is 1. The molecule has 0 saturated heterocycles. The average molecular weight is 338 g/mol. The molecule has 1 aromatic heterocycles. The van der Waals surface area contributed by atoms with Crippen LogP contribution in [-0.2, 0) is 6.42 Å². The van der Waals surface area contributed by atoms with Gasteiger partial charge in [0.1, 0.15) is 5.82 Å². The summed E-state index contributed by atoms with van der Waals surface area (Å²) in [4.78, 5) is 7.76. The fraction of sp³-hybridized carbons (Fsp3) is 0.0625. The van der Waals surface area contributed by atoms with Crippen molar-refractivity contribution in [1.82, 2.24) is 9.97 Å². The topological polar surface area (TPSA) is 28.7 Å². The number of benzene rings is 2. The Morgan fingerprint density at radius 1 is 0.905 bits per heavy atom. The highest BCUT2D eigenvalue weighted by Gasteiger charge is 2.07. The molecule has 3 rings (SSSR count). The van der Waals surface area contributed by atoms with Gasteiger partial charge in [-0.15, -0.1) is 0 Å². The molecule has 1 N–H and O–H groups in total. The van der Waals surface area contributed by atoms with Crippen LogP contribution < -0.4 is 0 Å². The van der Waals surface area contributed by atoms with E-state index < -0.39 is 0 Å². The molecule has 21 heavy (non-hydrogen) atoms. The molecule has 0 saturated carbocycles. The van der Waals surface area contributed by atoms with Crippen LogP contribution in [0.25, 0.3) is 11.3 Å². The molecule has 3 aromatic rings. The van der Waals surface area contributed by atoms with Gasteiger partial charge in [-0.05, 0) is 29.8 Å². The largest absolute Gasteiger partial charge is 0.348 e. The SMILES string of the molecule is Clc1ccc(Cc2nc(-c3ccc(Cl)c(Cl)c3)c[nH]2)cc1. The summed E-state index contributed by atoms with van der Waals surface area (Å²) >= 11 is 17.8. The maximum absolute atomic E-state index is 6.03. The third-order valence-corrected chi connectivity index (χ3v) is 4.12. The first-order valence-electron chi connectivity index (χ1n) is 6.36. The fourth-order valence-electron chi connectivity index (χ4n) is 2.05. The third kappa shape index (κ3) is 3.41. The minimum absolute atomic E-state index is 0.524. The smallest absolute Gasteiger partial charge is 0.111 e. The summed E-state index contributed by atoms with van der Waals surface area (Å²) < 4.78 is 0. The predicted molar refractivity (Wildman–Crippen MR) is 88.3 cm³/mol. The molecule has 0 spiro atoms. The Morgan fingerprint density at radius 2 is 1.67 bits per heavy atom. The van der Waals surface area contributed by atoms with Gasteiger partial charge in [0.05, 0.1) is 15.7 Å². The average Bonchev–Trinajstić information content (AvgIpc) is 2.93. The highest BCUT2D eigenvalue weighted by molar-refractivity contribution is 6.42. The van der Waals surface area contributed by atoms with Gasteiger partial charge in [-0.25, -0.2) is 4.98 Å². The van der Waals surface area contributed by atoms with Crippen molar-refractivity contribution in [2.24, 2.45) is 0 Å². The Hall–Kier alpha value is -1.48. The van der Waals surface area contributed by atoms with Crippen LogP contribution >= 0.6 is 34.8 Å². The van der Waals surface area contributed by atoms with E-state index in [2.05, 4.69) is 9.97 Å². The maximum atomic E-state index is 6.03. The van der Waals surface area contributed by atoms with Crippen molar-refractivity contribution in [2.45, 2.75) is 6.42 Å². The molecule has 0 aliphatic carbocycles. The van der Waals surface area contributed by atoms with Crippen molar-refractivity contribution in [2.75, 3.05) is 0 Å². The van der Waals surface area contributed by atoms with E-state index in [-0.39, 0.29) is 0 Å². The van der Waals surface area contributed by atoms with E-state index in [1.165, 1.54) is 0 Å². The zero-order chi connectivity index (χ0) is 14.8. The first-order valence-corrected chi connectivity index (χ1v) is 7.49.